The number of hydrazine groups is 1. The molecule has 5 heteroatoms. The van der Waals surface area contributed by atoms with E-state index in [4.69, 9.17) is 10.6 Å². The second-order valence-corrected chi connectivity index (χ2v) is 2.95. The van der Waals surface area contributed by atoms with Gasteiger partial charge in [0.25, 0.3) is 0 Å². The van der Waals surface area contributed by atoms with E-state index in [0.717, 1.165) is 11.4 Å². The highest BCUT2D eigenvalue weighted by Gasteiger charge is 2.10. The minimum absolute atomic E-state index is 0.511. The van der Waals surface area contributed by atoms with Crippen LogP contribution in [-0.2, 0) is 4.84 Å². The van der Waals surface area contributed by atoms with Crippen LogP contribution in [0.4, 0.5) is 10.5 Å². The number of nitrogens with zero attached hydrogens (tertiary/aromatic N) is 1. The third-order valence-electron chi connectivity index (χ3n) is 1.70. The molecule has 0 aliphatic rings. The highest BCUT2D eigenvalue weighted by molar-refractivity contribution is 5.89. The zero-order valence-corrected chi connectivity index (χ0v) is 8.64. The molecular weight excluding hydrogens is 194 g/mol. The number of hydrogen-bond acceptors (Lipinski definition) is 3. The summed E-state index contributed by atoms with van der Waals surface area (Å²) in [5.74, 6) is 0. The van der Waals surface area contributed by atoms with Crippen LogP contribution in [0.3, 0.4) is 0 Å². The number of anilines is 1. The molecule has 0 aliphatic heterocycles. The second kappa shape index (κ2) is 6.00. The minimum Gasteiger partial charge on any atom is -0.350 e. The predicted octanol–water partition coefficient (Wildman–Crippen LogP) is 1.42. The van der Waals surface area contributed by atoms with Gasteiger partial charge in [-0.15, -0.1) is 5.59 Å². The number of carbonyl (C=O) groups excluding carboxylic acids is 1. The first-order valence-corrected chi connectivity index (χ1v) is 4.77. The van der Waals surface area contributed by atoms with E-state index < -0.39 is 6.03 Å². The van der Waals surface area contributed by atoms with E-state index in [1.807, 2.05) is 25.1 Å². The molecule has 0 fully saturated rings. The van der Waals surface area contributed by atoms with Gasteiger partial charge in [-0.25, -0.2) is 9.80 Å². The summed E-state index contributed by atoms with van der Waals surface area (Å²) in [5.41, 5.74) is 8.33. The molecule has 0 aliphatic carbocycles. The molecule has 15 heavy (non-hydrogen) atoms. The van der Waals surface area contributed by atoms with Gasteiger partial charge in [0, 0.05) is 0 Å². The van der Waals surface area contributed by atoms with Gasteiger partial charge < -0.3 is 5.73 Å². The number of carbonyl (C=O) groups is 1. The Morgan fingerprint density at radius 1 is 1.47 bits per heavy atom. The molecule has 0 spiro atoms. The first-order valence-electron chi connectivity index (χ1n) is 4.77. The van der Waals surface area contributed by atoms with E-state index in [9.17, 15) is 4.79 Å². The van der Waals surface area contributed by atoms with Gasteiger partial charge in [0.1, 0.15) is 0 Å². The molecule has 0 aromatic heterocycles. The zero-order chi connectivity index (χ0) is 11.1. The summed E-state index contributed by atoms with van der Waals surface area (Å²) in [6.45, 7) is 2.48. The van der Waals surface area contributed by atoms with Crippen molar-refractivity contribution in [3.63, 3.8) is 0 Å². The van der Waals surface area contributed by atoms with E-state index in [-0.39, 0.29) is 0 Å². The van der Waals surface area contributed by atoms with Gasteiger partial charge in [-0.1, -0.05) is 25.1 Å². The molecule has 1 aromatic rings. The summed E-state index contributed by atoms with van der Waals surface area (Å²) in [4.78, 5) is 16.1. The molecule has 0 unspecified atom stereocenters. The number of primary amides is 1. The molecule has 1 rings (SSSR count). The van der Waals surface area contributed by atoms with Crippen LogP contribution in [0.15, 0.2) is 30.3 Å². The van der Waals surface area contributed by atoms with Crippen molar-refractivity contribution in [3.8, 4) is 0 Å². The van der Waals surface area contributed by atoms with Crippen molar-refractivity contribution in [2.45, 2.75) is 13.3 Å². The van der Waals surface area contributed by atoms with Crippen molar-refractivity contribution in [2.24, 2.45) is 5.73 Å². The molecular formula is C10H15N3O2. The molecule has 0 radical (unpaired) electrons. The Hall–Kier alpha value is -1.59. The number of amides is 2. The maximum absolute atomic E-state index is 11.1. The molecule has 5 nitrogen and oxygen atoms in total. The Morgan fingerprint density at radius 2 is 2.13 bits per heavy atom. The van der Waals surface area contributed by atoms with Crippen LogP contribution >= 0.6 is 0 Å². The maximum Gasteiger partial charge on any atom is 0.335 e. The fourth-order valence-electron chi connectivity index (χ4n) is 1.01. The predicted molar refractivity (Wildman–Crippen MR) is 57.9 cm³/mol. The van der Waals surface area contributed by atoms with Gasteiger partial charge in [-0.3, -0.25) is 4.84 Å². The third kappa shape index (κ3) is 3.57. The first-order chi connectivity index (χ1) is 7.25. The summed E-state index contributed by atoms with van der Waals surface area (Å²) in [5, 5.41) is 1.15. The SMILES string of the molecule is CCCONN(C(N)=O)c1ccccc1. The number of benzene rings is 1. The Balaban J connectivity index is 2.62. The van der Waals surface area contributed by atoms with Crippen molar-refractivity contribution < 1.29 is 9.63 Å². The average molecular weight is 209 g/mol. The van der Waals surface area contributed by atoms with E-state index in [2.05, 4.69) is 5.59 Å². The van der Waals surface area contributed by atoms with Crippen LogP contribution in [-0.4, -0.2) is 12.6 Å². The van der Waals surface area contributed by atoms with E-state index in [1.54, 1.807) is 12.1 Å². The molecule has 0 saturated heterocycles. The van der Waals surface area contributed by atoms with Gasteiger partial charge in [0.15, 0.2) is 0 Å². The monoisotopic (exact) mass is 209 g/mol. The summed E-state index contributed by atoms with van der Waals surface area (Å²) < 4.78 is 0. The topological polar surface area (TPSA) is 67.6 Å². The van der Waals surface area contributed by atoms with Crippen molar-refractivity contribution in [2.75, 3.05) is 11.6 Å². The largest absolute Gasteiger partial charge is 0.350 e. The lowest BCUT2D eigenvalue weighted by atomic mass is 10.3. The molecule has 1 aromatic carbocycles. The van der Waals surface area contributed by atoms with Gasteiger partial charge >= 0.3 is 6.03 Å². The highest BCUT2D eigenvalue weighted by Crippen LogP contribution is 2.10. The lowest BCUT2D eigenvalue weighted by molar-refractivity contribution is 0.0398. The first kappa shape index (κ1) is 11.5. The summed E-state index contributed by atoms with van der Waals surface area (Å²) >= 11 is 0. The molecule has 2 amide bonds. The summed E-state index contributed by atoms with van der Waals surface area (Å²) in [6.07, 6.45) is 0.856. The lowest BCUT2D eigenvalue weighted by Crippen LogP contribution is -2.46. The zero-order valence-electron chi connectivity index (χ0n) is 8.64. The van der Waals surface area contributed by atoms with Gasteiger partial charge in [-0.05, 0) is 18.6 Å². The molecule has 3 N–H and O–H groups in total. The molecule has 82 valence electrons. The lowest BCUT2D eigenvalue weighted by Gasteiger charge is -2.20. The van der Waals surface area contributed by atoms with E-state index in [1.165, 1.54) is 0 Å². The van der Waals surface area contributed by atoms with Crippen LogP contribution < -0.4 is 16.3 Å². The van der Waals surface area contributed by atoms with Gasteiger partial charge in [-0.2, -0.15) is 0 Å². The minimum atomic E-state index is -0.614. The molecule has 0 atom stereocenters. The maximum atomic E-state index is 11.1. The molecule has 0 bridgehead atoms. The van der Waals surface area contributed by atoms with Crippen molar-refractivity contribution in [3.05, 3.63) is 30.3 Å². The Morgan fingerprint density at radius 3 is 2.67 bits per heavy atom. The fraction of sp³-hybridized carbons (Fsp3) is 0.300. The van der Waals surface area contributed by atoms with Crippen LogP contribution in [0.2, 0.25) is 0 Å². The van der Waals surface area contributed by atoms with Crippen molar-refractivity contribution in [1.82, 2.24) is 5.59 Å². The van der Waals surface area contributed by atoms with Crippen LogP contribution in [0.1, 0.15) is 13.3 Å². The number of hydrogen-bond donors (Lipinski definition) is 2. The number of nitrogens with one attached hydrogen (secondary N) is 1. The Labute approximate surface area is 88.7 Å². The summed E-state index contributed by atoms with van der Waals surface area (Å²) in [7, 11) is 0. The average Bonchev–Trinajstić information content (AvgIpc) is 2.25. The normalized spacial score (nSPS) is 9.93. The van der Waals surface area contributed by atoms with Crippen LogP contribution in [0.5, 0.6) is 0 Å². The van der Waals surface area contributed by atoms with Gasteiger partial charge in [0.05, 0.1) is 12.3 Å². The third-order valence-corrected chi connectivity index (χ3v) is 1.70. The smallest absolute Gasteiger partial charge is 0.335 e. The van der Waals surface area contributed by atoms with E-state index in [0.29, 0.717) is 12.3 Å². The second-order valence-electron chi connectivity index (χ2n) is 2.95. The van der Waals surface area contributed by atoms with Crippen LogP contribution in [0, 0.1) is 0 Å². The Bertz CT molecular complexity index is 303. The fourth-order valence-corrected chi connectivity index (χ4v) is 1.01. The van der Waals surface area contributed by atoms with Crippen LogP contribution in [0.25, 0.3) is 0 Å². The Kier molecular flexibility index (Phi) is 4.59. The number of rotatable bonds is 5. The van der Waals surface area contributed by atoms with E-state index >= 15 is 0 Å². The highest BCUT2D eigenvalue weighted by atomic mass is 16.7. The quantitative estimate of drug-likeness (QED) is 0.569. The van der Waals surface area contributed by atoms with Crippen molar-refractivity contribution >= 4 is 11.7 Å². The number of urea groups is 1. The molecule has 0 saturated carbocycles. The standard InChI is InChI=1S/C10H15N3O2/c1-2-8-15-12-13(10(11)14)9-6-4-3-5-7-9/h3-7,12H,2,8H2,1H3,(H2,11,14). The van der Waals surface area contributed by atoms with Gasteiger partial charge in [0.2, 0.25) is 0 Å². The number of para-hydroxylation sites is 1. The summed E-state index contributed by atoms with van der Waals surface area (Å²) in [6, 6.07) is 8.38. The molecule has 0 heterocycles. The number of nitrogens with two attached hydrogens (primary N) is 1. The van der Waals surface area contributed by atoms with Crippen molar-refractivity contribution in [1.29, 1.82) is 0 Å².